The SMILES string of the molecule is CN1CCNC(Cc2ccc3ccccc3c2)C1. The highest BCUT2D eigenvalue weighted by atomic mass is 15.2. The molecule has 0 bridgehead atoms. The van der Waals surface area contributed by atoms with Crippen LogP contribution >= 0.6 is 0 Å². The molecule has 0 aliphatic carbocycles. The Morgan fingerprint density at radius 1 is 1.17 bits per heavy atom. The number of hydrogen-bond donors (Lipinski definition) is 1. The third kappa shape index (κ3) is 2.55. The third-order valence-corrected chi connectivity index (χ3v) is 3.75. The molecule has 2 aromatic carbocycles. The van der Waals surface area contributed by atoms with Gasteiger partial charge in [-0.2, -0.15) is 0 Å². The predicted octanol–water partition coefficient (Wildman–Crippen LogP) is 2.29. The van der Waals surface area contributed by atoms with Crippen molar-refractivity contribution in [1.82, 2.24) is 10.2 Å². The van der Waals surface area contributed by atoms with Crippen molar-refractivity contribution in [3.8, 4) is 0 Å². The van der Waals surface area contributed by atoms with Gasteiger partial charge >= 0.3 is 0 Å². The fourth-order valence-electron chi connectivity index (χ4n) is 2.78. The summed E-state index contributed by atoms with van der Waals surface area (Å²) in [6, 6.07) is 16.0. The minimum absolute atomic E-state index is 0.588. The average molecular weight is 240 g/mol. The van der Waals surface area contributed by atoms with E-state index in [-0.39, 0.29) is 0 Å². The van der Waals surface area contributed by atoms with Crippen LogP contribution in [0.5, 0.6) is 0 Å². The lowest BCUT2D eigenvalue weighted by Crippen LogP contribution is -2.49. The van der Waals surface area contributed by atoms with E-state index >= 15 is 0 Å². The zero-order valence-corrected chi connectivity index (χ0v) is 10.9. The summed E-state index contributed by atoms with van der Waals surface area (Å²) in [5.41, 5.74) is 1.43. The molecule has 1 aliphatic heterocycles. The lowest BCUT2D eigenvalue weighted by molar-refractivity contribution is 0.238. The van der Waals surface area contributed by atoms with Gasteiger partial charge in [-0.1, -0.05) is 42.5 Å². The van der Waals surface area contributed by atoms with Gasteiger partial charge in [0.25, 0.3) is 0 Å². The van der Waals surface area contributed by atoms with Crippen molar-refractivity contribution in [1.29, 1.82) is 0 Å². The minimum atomic E-state index is 0.588. The molecule has 18 heavy (non-hydrogen) atoms. The van der Waals surface area contributed by atoms with E-state index in [1.165, 1.54) is 16.3 Å². The molecular weight excluding hydrogens is 220 g/mol. The molecule has 1 N–H and O–H groups in total. The topological polar surface area (TPSA) is 15.3 Å². The lowest BCUT2D eigenvalue weighted by Gasteiger charge is -2.31. The van der Waals surface area contributed by atoms with Crippen LogP contribution in [0.3, 0.4) is 0 Å². The lowest BCUT2D eigenvalue weighted by atomic mass is 10.0. The molecule has 3 rings (SSSR count). The summed E-state index contributed by atoms with van der Waals surface area (Å²) in [6.07, 6.45) is 1.12. The molecule has 94 valence electrons. The first-order valence-electron chi connectivity index (χ1n) is 6.71. The molecule has 2 nitrogen and oxygen atoms in total. The predicted molar refractivity (Wildman–Crippen MR) is 76.9 cm³/mol. The number of benzene rings is 2. The maximum atomic E-state index is 3.60. The highest BCUT2D eigenvalue weighted by molar-refractivity contribution is 5.82. The van der Waals surface area contributed by atoms with Gasteiger partial charge in [0.1, 0.15) is 0 Å². The van der Waals surface area contributed by atoms with Crippen molar-refractivity contribution < 1.29 is 0 Å². The van der Waals surface area contributed by atoms with Crippen molar-refractivity contribution in [3.05, 3.63) is 48.0 Å². The Labute approximate surface area is 109 Å². The average Bonchev–Trinajstić information content (AvgIpc) is 2.39. The van der Waals surface area contributed by atoms with Crippen molar-refractivity contribution >= 4 is 10.8 Å². The first-order valence-corrected chi connectivity index (χ1v) is 6.71. The van der Waals surface area contributed by atoms with Gasteiger partial charge in [0, 0.05) is 25.7 Å². The normalized spacial score (nSPS) is 21.3. The van der Waals surface area contributed by atoms with Gasteiger partial charge in [-0.15, -0.1) is 0 Å². The zero-order valence-electron chi connectivity index (χ0n) is 10.9. The Morgan fingerprint density at radius 2 is 2.00 bits per heavy atom. The summed E-state index contributed by atoms with van der Waals surface area (Å²) in [5.74, 6) is 0. The minimum Gasteiger partial charge on any atom is -0.311 e. The van der Waals surface area contributed by atoms with Crippen molar-refractivity contribution in [2.75, 3.05) is 26.7 Å². The molecule has 0 saturated carbocycles. The molecule has 2 heteroatoms. The van der Waals surface area contributed by atoms with Gasteiger partial charge in [-0.3, -0.25) is 0 Å². The Kier molecular flexibility index (Phi) is 3.31. The maximum Gasteiger partial charge on any atom is 0.0235 e. The molecule has 0 spiro atoms. The molecule has 0 amide bonds. The summed E-state index contributed by atoms with van der Waals surface area (Å²) < 4.78 is 0. The highest BCUT2D eigenvalue weighted by Crippen LogP contribution is 2.17. The van der Waals surface area contributed by atoms with Crippen molar-refractivity contribution in [2.45, 2.75) is 12.5 Å². The zero-order chi connectivity index (χ0) is 12.4. The van der Waals surface area contributed by atoms with Crippen LogP contribution in [0.25, 0.3) is 10.8 Å². The number of rotatable bonds is 2. The number of nitrogens with one attached hydrogen (secondary N) is 1. The maximum absolute atomic E-state index is 3.60. The van der Waals surface area contributed by atoms with E-state index in [0.717, 1.165) is 26.1 Å². The second kappa shape index (κ2) is 5.09. The Morgan fingerprint density at radius 3 is 2.83 bits per heavy atom. The number of piperazine rings is 1. The van der Waals surface area contributed by atoms with Crippen molar-refractivity contribution in [3.63, 3.8) is 0 Å². The first kappa shape index (κ1) is 11.7. The highest BCUT2D eigenvalue weighted by Gasteiger charge is 2.16. The van der Waals surface area contributed by atoms with E-state index in [9.17, 15) is 0 Å². The fourth-order valence-corrected chi connectivity index (χ4v) is 2.78. The smallest absolute Gasteiger partial charge is 0.0235 e. The van der Waals surface area contributed by atoms with Crippen LogP contribution < -0.4 is 5.32 Å². The summed E-state index contributed by atoms with van der Waals surface area (Å²) in [7, 11) is 2.20. The van der Waals surface area contributed by atoms with Gasteiger partial charge in [0.05, 0.1) is 0 Å². The second-order valence-electron chi connectivity index (χ2n) is 5.30. The molecule has 1 atom stereocenters. The largest absolute Gasteiger partial charge is 0.311 e. The molecule has 0 aromatic heterocycles. The van der Waals surface area contributed by atoms with Gasteiger partial charge in [-0.05, 0) is 29.8 Å². The quantitative estimate of drug-likeness (QED) is 0.866. The molecule has 0 radical (unpaired) electrons. The Balaban J connectivity index is 1.78. The van der Waals surface area contributed by atoms with Crippen LogP contribution in [0.1, 0.15) is 5.56 Å². The van der Waals surface area contributed by atoms with E-state index in [1.807, 2.05) is 0 Å². The van der Waals surface area contributed by atoms with Crippen LogP contribution in [0.2, 0.25) is 0 Å². The van der Waals surface area contributed by atoms with Gasteiger partial charge in [-0.25, -0.2) is 0 Å². The summed E-state index contributed by atoms with van der Waals surface area (Å²) in [6.45, 7) is 3.41. The van der Waals surface area contributed by atoms with Gasteiger partial charge in [0.15, 0.2) is 0 Å². The standard InChI is InChI=1S/C16H20N2/c1-18-9-8-17-16(12-18)11-13-6-7-14-4-2-3-5-15(14)10-13/h2-7,10,16-17H,8-9,11-12H2,1H3. The molecule has 1 fully saturated rings. The van der Waals surface area contributed by atoms with Crippen LogP contribution in [-0.4, -0.2) is 37.6 Å². The van der Waals surface area contributed by atoms with Crippen LogP contribution in [-0.2, 0) is 6.42 Å². The van der Waals surface area contributed by atoms with Gasteiger partial charge < -0.3 is 10.2 Å². The molecule has 1 saturated heterocycles. The molecule has 2 aromatic rings. The molecule has 1 unspecified atom stereocenters. The van der Waals surface area contributed by atoms with E-state index in [2.05, 4.69) is 59.7 Å². The second-order valence-corrected chi connectivity index (χ2v) is 5.30. The summed E-state index contributed by atoms with van der Waals surface area (Å²) in [5, 5.41) is 6.28. The van der Waals surface area contributed by atoms with Gasteiger partial charge in [0.2, 0.25) is 0 Å². The summed E-state index contributed by atoms with van der Waals surface area (Å²) in [4.78, 5) is 2.40. The molecule has 1 aliphatic rings. The number of fused-ring (bicyclic) bond motifs is 1. The number of hydrogen-bond acceptors (Lipinski definition) is 2. The first-order chi connectivity index (χ1) is 8.81. The number of nitrogens with zero attached hydrogens (tertiary/aromatic N) is 1. The van der Waals surface area contributed by atoms with E-state index in [1.54, 1.807) is 0 Å². The summed E-state index contributed by atoms with van der Waals surface area (Å²) >= 11 is 0. The van der Waals surface area contributed by atoms with E-state index in [4.69, 9.17) is 0 Å². The molecular formula is C16H20N2. The van der Waals surface area contributed by atoms with Crippen LogP contribution in [0, 0.1) is 0 Å². The van der Waals surface area contributed by atoms with E-state index in [0.29, 0.717) is 6.04 Å². The monoisotopic (exact) mass is 240 g/mol. The van der Waals surface area contributed by atoms with Crippen LogP contribution in [0.4, 0.5) is 0 Å². The van der Waals surface area contributed by atoms with E-state index < -0.39 is 0 Å². The van der Waals surface area contributed by atoms with Crippen LogP contribution in [0.15, 0.2) is 42.5 Å². The third-order valence-electron chi connectivity index (χ3n) is 3.75. The van der Waals surface area contributed by atoms with Crippen molar-refractivity contribution in [2.24, 2.45) is 0 Å². The molecule has 1 heterocycles. The fraction of sp³-hybridized carbons (Fsp3) is 0.375. The Hall–Kier alpha value is -1.38. The number of likely N-dealkylation sites (N-methyl/N-ethyl adjacent to an activating group) is 1. The Bertz CT molecular complexity index is 535.